The molecular formula is C17H22N4O2S. The number of para-hydroxylation sites is 1. The maximum Gasteiger partial charge on any atom is 0.305 e. The van der Waals surface area contributed by atoms with E-state index in [1.807, 2.05) is 25.1 Å². The molecule has 0 spiro atoms. The third-order valence-electron chi connectivity index (χ3n) is 3.62. The minimum absolute atomic E-state index is 0.222. The van der Waals surface area contributed by atoms with Gasteiger partial charge in [-0.3, -0.25) is 15.6 Å². The highest BCUT2D eigenvalue weighted by Crippen LogP contribution is 2.22. The highest BCUT2D eigenvalue weighted by Gasteiger charge is 2.05. The lowest BCUT2D eigenvalue weighted by molar-refractivity contribution is -0.140. The Morgan fingerprint density at radius 2 is 2.08 bits per heavy atom. The van der Waals surface area contributed by atoms with E-state index in [0.29, 0.717) is 30.3 Å². The van der Waals surface area contributed by atoms with Crippen molar-refractivity contribution in [2.24, 2.45) is 0 Å². The van der Waals surface area contributed by atoms with Gasteiger partial charge in [-0.15, -0.1) is 0 Å². The van der Waals surface area contributed by atoms with Crippen molar-refractivity contribution < 1.29 is 9.53 Å². The summed E-state index contributed by atoms with van der Waals surface area (Å²) < 4.78 is 4.58. The summed E-state index contributed by atoms with van der Waals surface area (Å²) in [5.74, 6) is 0.480. The Labute approximate surface area is 147 Å². The van der Waals surface area contributed by atoms with Crippen molar-refractivity contribution in [3.05, 3.63) is 35.4 Å². The second-order valence-electron chi connectivity index (χ2n) is 5.48. The molecular weight excluding hydrogens is 324 g/mol. The van der Waals surface area contributed by atoms with Gasteiger partial charge in [0, 0.05) is 18.4 Å². The number of aromatic nitrogens is 1. The molecule has 128 valence electrons. The van der Waals surface area contributed by atoms with Gasteiger partial charge in [0.25, 0.3) is 0 Å². The molecule has 1 aromatic heterocycles. The number of carbonyl (C=O) groups is 1. The molecule has 0 fully saturated rings. The number of carbonyl (C=O) groups excluding carboxylic acids is 1. The summed E-state index contributed by atoms with van der Waals surface area (Å²) in [4.78, 5) is 15.6. The van der Waals surface area contributed by atoms with E-state index in [4.69, 9.17) is 12.2 Å². The van der Waals surface area contributed by atoms with Gasteiger partial charge >= 0.3 is 5.97 Å². The first-order chi connectivity index (χ1) is 11.5. The van der Waals surface area contributed by atoms with E-state index >= 15 is 0 Å². The Morgan fingerprint density at radius 1 is 1.29 bits per heavy atom. The molecule has 0 aliphatic carbocycles. The first-order valence-corrected chi connectivity index (χ1v) is 8.15. The van der Waals surface area contributed by atoms with Crippen LogP contribution in [0.5, 0.6) is 0 Å². The molecule has 0 aliphatic rings. The van der Waals surface area contributed by atoms with Crippen LogP contribution in [0, 0.1) is 13.8 Å². The van der Waals surface area contributed by atoms with E-state index in [1.54, 1.807) is 0 Å². The quantitative estimate of drug-likeness (QED) is 0.321. The topological polar surface area (TPSA) is 75.3 Å². The van der Waals surface area contributed by atoms with Crippen molar-refractivity contribution in [3.8, 4) is 0 Å². The predicted octanol–water partition coefficient (Wildman–Crippen LogP) is 2.60. The van der Waals surface area contributed by atoms with Crippen LogP contribution in [-0.2, 0) is 9.53 Å². The highest BCUT2D eigenvalue weighted by atomic mass is 32.1. The van der Waals surface area contributed by atoms with Crippen LogP contribution in [0.2, 0.25) is 0 Å². The summed E-state index contributed by atoms with van der Waals surface area (Å²) in [7, 11) is 1.38. The number of esters is 1. The normalized spacial score (nSPS) is 10.3. The Bertz CT molecular complexity index is 749. The largest absolute Gasteiger partial charge is 0.469 e. The number of rotatable bonds is 6. The number of hydrogen-bond donors (Lipinski definition) is 3. The number of pyridine rings is 1. The highest BCUT2D eigenvalue weighted by molar-refractivity contribution is 7.80. The number of aryl methyl sites for hydroxylation is 2. The Balaban J connectivity index is 1.88. The molecule has 0 atom stereocenters. The number of nitrogens with one attached hydrogen (secondary N) is 3. The zero-order chi connectivity index (χ0) is 17.5. The number of ether oxygens (including phenoxy) is 1. The summed E-state index contributed by atoms with van der Waals surface area (Å²) in [6, 6.07) is 8.11. The van der Waals surface area contributed by atoms with E-state index in [9.17, 15) is 4.79 Å². The zero-order valence-electron chi connectivity index (χ0n) is 14.1. The molecule has 3 N–H and O–H groups in total. The van der Waals surface area contributed by atoms with E-state index in [2.05, 4.69) is 38.9 Å². The van der Waals surface area contributed by atoms with Gasteiger partial charge in [-0.1, -0.05) is 18.2 Å². The van der Waals surface area contributed by atoms with E-state index < -0.39 is 0 Å². The number of benzene rings is 1. The average molecular weight is 346 g/mol. The number of hydrogen-bond acceptors (Lipinski definition) is 5. The molecule has 0 saturated carbocycles. The van der Waals surface area contributed by atoms with Crippen molar-refractivity contribution in [1.29, 1.82) is 0 Å². The summed E-state index contributed by atoms with van der Waals surface area (Å²) >= 11 is 5.19. The number of nitrogens with zero attached hydrogens (tertiary/aromatic N) is 1. The van der Waals surface area contributed by atoms with Gasteiger partial charge in [-0.2, -0.15) is 0 Å². The fourth-order valence-corrected chi connectivity index (χ4v) is 2.48. The van der Waals surface area contributed by atoms with Crippen LogP contribution in [0.4, 0.5) is 5.82 Å². The summed E-state index contributed by atoms with van der Waals surface area (Å²) in [6.45, 7) is 4.68. The van der Waals surface area contributed by atoms with Crippen molar-refractivity contribution in [3.63, 3.8) is 0 Å². The number of anilines is 1. The third kappa shape index (κ3) is 4.79. The summed E-state index contributed by atoms with van der Waals surface area (Å²) in [6.07, 6.45) is 1.02. The SMILES string of the molecule is COC(=O)CCCNC(=S)NNc1cc(C)c2cccc(C)c2n1. The molecule has 24 heavy (non-hydrogen) atoms. The third-order valence-corrected chi connectivity index (χ3v) is 3.87. The van der Waals surface area contributed by atoms with Crippen molar-refractivity contribution >= 4 is 40.0 Å². The standard InChI is InChI=1S/C17H22N4O2S/c1-11-6-4-7-13-12(2)10-14(19-16(11)13)20-21-17(24)18-9-5-8-15(22)23-3/h4,6-7,10H,5,8-9H2,1-3H3,(H,19,20)(H2,18,21,24). The predicted molar refractivity (Wildman–Crippen MR) is 99.8 cm³/mol. The lowest BCUT2D eigenvalue weighted by atomic mass is 10.1. The maximum atomic E-state index is 11.0. The fraction of sp³-hybridized carbons (Fsp3) is 0.353. The first-order valence-electron chi connectivity index (χ1n) is 7.75. The van der Waals surface area contributed by atoms with Crippen molar-refractivity contribution in [2.75, 3.05) is 19.1 Å². The fourth-order valence-electron chi connectivity index (χ4n) is 2.33. The maximum absolute atomic E-state index is 11.0. The van der Waals surface area contributed by atoms with Crippen molar-refractivity contribution in [1.82, 2.24) is 15.7 Å². The van der Waals surface area contributed by atoms with E-state index in [-0.39, 0.29) is 5.97 Å². The van der Waals surface area contributed by atoms with Gasteiger partial charge in [0.05, 0.1) is 12.6 Å². The number of fused-ring (bicyclic) bond motifs is 1. The van der Waals surface area contributed by atoms with Crippen LogP contribution in [0.3, 0.4) is 0 Å². The first kappa shape index (κ1) is 17.9. The van der Waals surface area contributed by atoms with Crippen LogP contribution >= 0.6 is 12.2 Å². The van der Waals surface area contributed by atoms with Crippen LogP contribution in [0.15, 0.2) is 24.3 Å². The molecule has 0 unspecified atom stereocenters. The molecule has 6 nitrogen and oxygen atoms in total. The number of hydrazine groups is 1. The molecule has 2 rings (SSSR count). The van der Waals surface area contributed by atoms with Crippen LogP contribution in [-0.4, -0.2) is 29.7 Å². The molecule has 0 radical (unpaired) electrons. The molecule has 0 bridgehead atoms. The van der Waals surface area contributed by atoms with E-state index in [0.717, 1.165) is 22.0 Å². The van der Waals surface area contributed by atoms with Gasteiger partial charge in [0.2, 0.25) is 0 Å². The molecule has 0 amide bonds. The van der Waals surface area contributed by atoms with Gasteiger partial charge in [-0.05, 0) is 49.7 Å². The number of thiocarbonyl (C=S) groups is 1. The lowest BCUT2D eigenvalue weighted by Gasteiger charge is -2.13. The Kier molecular flexibility index (Phi) is 6.31. The molecule has 1 aromatic carbocycles. The minimum Gasteiger partial charge on any atom is -0.469 e. The number of methoxy groups -OCH3 is 1. The van der Waals surface area contributed by atoms with Crippen LogP contribution in [0.1, 0.15) is 24.0 Å². The lowest BCUT2D eigenvalue weighted by Crippen LogP contribution is -2.39. The van der Waals surface area contributed by atoms with E-state index in [1.165, 1.54) is 7.11 Å². The summed E-state index contributed by atoms with van der Waals surface area (Å²) in [5, 5.41) is 4.61. The van der Waals surface area contributed by atoms with Crippen LogP contribution in [0.25, 0.3) is 10.9 Å². The molecule has 7 heteroatoms. The molecule has 2 aromatic rings. The van der Waals surface area contributed by atoms with Gasteiger partial charge < -0.3 is 10.1 Å². The molecule has 0 saturated heterocycles. The average Bonchev–Trinajstić information content (AvgIpc) is 2.57. The second kappa shape index (κ2) is 8.44. The monoisotopic (exact) mass is 346 g/mol. The van der Waals surface area contributed by atoms with Gasteiger partial charge in [0.15, 0.2) is 5.11 Å². The van der Waals surface area contributed by atoms with Crippen molar-refractivity contribution in [2.45, 2.75) is 26.7 Å². The summed E-state index contributed by atoms with van der Waals surface area (Å²) in [5.41, 5.74) is 9.16. The second-order valence-corrected chi connectivity index (χ2v) is 5.89. The molecule has 1 heterocycles. The Morgan fingerprint density at radius 3 is 2.83 bits per heavy atom. The minimum atomic E-state index is -0.222. The van der Waals surface area contributed by atoms with Gasteiger partial charge in [0.1, 0.15) is 5.82 Å². The van der Waals surface area contributed by atoms with Gasteiger partial charge in [-0.25, -0.2) is 4.98 Å². The zero-order valence-corrected chi connectivity index (χ0v) is 14.9. The molecule has 0 aliphatic heterocycles. The smallest absolute Gasteiger partial charge is 0.305 e. The Hall–Kier alpha value is -2.41. The van der Waals surface area contributed by atoms with Crippen LogP contribution < -0.4 is 16.2 Å².